The maximum atomic E-state index is 14.2. The number of hydrogen-bond donors (Lipinski definition) is 3. The van der Waals surface area contributed by atoms with Gasteiger partial charge in [0.2, 0.25) is 0 Å². The van der Waals surface area contributed by atoms with Crippen LogP contribution in [0.5, 0.6) is 5.75 Å². The van der Waals surface area contributed by atoms with Gasteiger partial charge in [-0.05, 0) is 30.7 Å². The summed E-state index contributed by atoms with van der Waals surface area (Å²) in [6, 6.07) is 3.98. The summed E-state index contributed by atoms with van der Waals surface area (Å²) in [5, 5.41) is 23.5. The highest BCUT2D eigenvalue weighted by Gasteiger charge is 2.25. The summed E-state index contributed by atoms with van der Waals surface area (Å²) in [5.41, 5.74) is 3.59. The molecule has 0 saturated heterocycles. The Labute approximate surface area is 197 Å². The molecule has 0 aliphatic rings. The van der Waals surface area contributed by atoms with E-state index in [1.807, 2.05) is 13.0 Å². The number of nitrogens with zero attached hydrogens (tertiary/aromatic N) is 3. The fraction of sp³-hybridized carbons (Fsp3) is 0.304. The van der Waals surface area contributed by atoms with Crippen molar-refractivity contribution in [3.05, 3.63) is 64.5 Å². The third kappa shape index (κ3) is 4.48. The van der Waals surface area contributed by atoms with Gasteiger partial charge < -0.3 is 19.9 Å². The Morgan fingerprint density at radius 2 is 2.03 bits per heavy atom. The molecule has 1 aromatic carbocycles. The highest BCUT2D eigenvalue weighted by Crippen LogP contribution is 2.41. The number of benzene rings is 1. The lowest BCUT2D eigenvalue weighted by Gasteiger charge is -2.18. The summed E-state index contributed by atoms with van der Waals surface area (Å²) >= 11 is 6.17. The van der Waals surface area contributed by atoms with Crippen molar-refractivity contribution in [1.29, 1.82) is 0 Å². The standard InChI is InChI=1S/C23H22ClF3N4O3/c1-11(20-19(34-23(26)27)4-3-18(25)21(20)24)16-7-29-22-15(16)5-13(6-28-22)17-8-30-31(12(17)2)9-14(33)10-32/h3-8,11,14,23,32-33H,9-10H2,1-2H3,(H,28,29)/t11?,14-/m0/s1. The quantitative estimate of drug-likeness (QED) is 0.332. The van der Waals surface area contributed by atoms with E-state index in [1.165, 1.54) is 0 Å². The minimum absolute atomic E-state index is 0.107. The first-order chi connectivity index (χ1) is 16.2. The third-order valence-electron chi connectivity index (χ3n) is 5.78. The number of aliphatic hydroxyl groups excluding tert-OH is 2. The van der Waals surface area contributed by atoms with Crippen LogP contribution in [0.25, 0.3) is 22.2 Å². The summed E-state index contributed by atoms with van der Waals surface area (Å²) in [4.78, 5) is 7.50. The fourth-order valence-electron chi connectivity index (χ4n) is 4.01. The Morgan fingerprint density at radius 3 is 2.74 bits per heavy atom. The molecule has 0 spiro atoms. The van der Waals surface area contributed by atoms with Crippen LogP contribution >= 0.6 is 11.6 Å². The number of aromatic amines is 1. The van der Waals surface area contributed by atoms with Crippen LogP contribution in [0.1, 0.15) is 29.7 Å². The SMILES string of the molecule is Cc1c(-c2cnc3[nH]cc(C(C)c4c(OC(F)F)ccc(F)c4Cl)c3c2)cnn1C[C@H](O)CO. The van der Waals surface area contributed by atoms with Crippen molar-refractivity contribution < 1.29 is 28.1 Å². The lowest BCUT2D eigenvalue weighted by Crippen LogP contribution is -2.21. The summed E-state index contributed by atoms with van der Waals surface area (Å²) in [7, 11) is 0. The minimum Gasteiger partial charge on any atom is -0.434 e. The molecule has 2 atom stereocenters. The lowest BCUT2D eigenvalue weighted by atomic mass is 9.91. The van der Waals surface area contributed by atoms with Gasteiger partial charge in [0.1, 0.15) is 17.2 Å². The van der Waals surface area contributed by atoms with Crippen LogP contribution in [0.2, 0.25) is 5.02 Å². The average Bonchev–Trinajstić information content (AvgIpc) is 3.38. The van der Waals surface area contributed by atoms with E-state index in [4.69, 9.17) is 16.7 Å². The number of H-pyrrole nitrogens is 1. The van der Waals surface area contributed by atoms with Gasteiger partial charge in [0.25, 0.3) is 0 Å². The van der Waals surface area contributed by atoms with E-state index in [2.05, 4.69) is 19.8 Å². The van der Waals surface area contributed by atoms with Crippen LogP contribution in [-0.2, 0) is 6.54 Å². The number of halogens is 4. The van der Waals surface area contributed by atoms with Crippen molar-refractivity contribution in [2.75, 3.05) is 6.61 Å². The number of rotatable bonds is 8. The minimum atomic E-state index is -3.09. The van der Waals surface area contributed by atoms with Gasteiger partial charge in [0, 0.05) is 46.1 Å². The first-order valence-corrected chi connectivity index (χ1v) is 10.8. The summed E-state index contributed by atoms with van der Waals surface area (Å²) < 4.78 is 46.3. The second-order valence-corrected chi connectivity index (χ2v) is 8.28. The Kier molecular flexibility index (Phi) is 6.83. The summed E-state index contributed by atoms with van der Waals surface area (Å²) in [6.45, 7) is 0.209. The molecule has 3 heterocycles. The Bertz CT molecular complexity index is 1320. The molecule has 4 aromatic rings. The van der Waals surface area contributed by atoms with Gasteiger partial charge >= 0.3 is 6.61 Å². The van der Waals surface area contributed by atoms with Crippen LogP contribution in [0.15, 0.2) is 36.8 Å². The number of pyridine rings is 1. The van der Waals surface area contributed by atoms with Gasteiger partial charge in [-0.25, -0.2) is 9.37 Å². The molecule has 0 bridgehead atoms. The number of aliphatic hydroxyl groups is 2. The number of aromatic nitrogens is 4. The highest BCUT2D eigenvalue weighted by atomic mass is 35.5. The molecule has 0 aliphatic heterocycles. The monoisotopic (exact) mass is 494 g/mol. The number of fused-ring (bicyclic) bond motifs is 1. The normalized spacial score (nSPS) is 13.6. The number of ether oxygens (including phenoxy) is 1. The predicted molar refractivity (Wildman–Crippen MR) is 121 cm³/mol. The van der Waals surface area contributed by atoms with Crippen LogP contribution in [0.4, 0.5) is 13.2 Å². The van der Waals surface area contributed by atoms with Gasteiger partial charge in [-0.15, -0.1) is 0 Å². The molecule has 1 unspecified atom stereocenters. The highest BCUT2D eigenvalue weighted by molar-refractivity contribution is 6.31. The van der Waals surface area contributed by atoms with Crippen LogP contribution in [0.3, 0.4) is 0 Å². The van der Waals surface area contributed by atoms with Gasteiger partial charge in [-0.2, -0.15) is 13.9 Å². The maximum absolute atomic E-state index is 14.2. The topological polar surface area (TPSA) is 96.2 Å². The summed E-state index contributed by atoms with van der Waals surface area (Å²) in [5.74, 6) is -1.55. The number of alkyl halides is 2. The van der Waals surface area contributed by atoms with E-state index >= 15 is 0 Å². The Hall–Kier alpha value is -3.08. The average molecular weight is 495 g/mol. The van der Waals surface area contributed by atoms with Gasteiger partial charge in [0.05, 0.1) is 30.5 Å². The van der Waals surface area contributed by atoms with Gasteiger partial charge in [-0.3, -0.25) is 4.68 Å². The molecule has 180 valence electrons. The van der Waals surface area contributed by atoms with E-state index in [-0.39, 0.29) is 29.5 Å². The Balaban J connectivity index is 1.77. The zero-order valence-corrected chi connectivity index (χ0v) is 19.0. The molecule has 3 N–H and O–H groups in total. The maximum Gasteiger partial charge on any atom is 0.387 e. The zero-order chi connectivity index (χ0) is 24.6. The molecule has 0 saturated carbocycles. The first kappa shape index (κ1) is 24.1. The molecular weight excluding hydrogens is 473 g/mol. The molecule has 11 heteroatoms. The van der Waals surface area contributed by atoms with Gasteiger partial charge in [-0.1, -0.05) is 18.5 Å². The Morgan fingerprint density at radius 1 is 1.26 bits per heavy atom. The van der Waals surface area contributed by atoms with Crippen molar-refractivity contribution in [3.8, 4) is 16.9 Å². The second-order valence-electron chi connectivity index (χ2n) is 7.90. The molecule has 0 fully saturated rings. The van der Waals surface area contributed by atoms with Crippen LogP contribution in [0, 0.1) is 12.7 Å². The van der Waals surface area contributed by atoms with Crippen molar-refractivity contribution >= 4 is 22.6 Å². The smallest absolute Gasteiger partial charge is 0.387 e. The zero-order valence-electron chi connectivity index (χ0n) is 18.3. The third-order valence-corrected chi connectivity index (χ3v) is 6.16. The molecule has 34 heavy (non-hydrogen) atoms. The second kappa shape index (κ2) is 9.65. The fourth-order valence-corrected chi connectivity index (χ4v) is 4.33. The van der Waals surface area contributed by atoms with E-state index in [0.29, 0.717) is 16.6 Å². The molecule has 0 amide bonds. The van der Waals surface area contributed by atoms with Crippen molar-refractivity contribution in [2.24, 2.45) is 0 Å². The number of hydrogen-bond acceptors (Lipinski definition) is 5. The van der Waals surface area contributed by atoms with E-state index in [9.17, 15) is 18.3 Å². The number of nitrogens with one attached hydrogen (secondary N) is 1. The molecule has 3 aromatic heterocycles. The molecule has 0 aliphatic carbocycles. The lowest BCUT2D eigenvalue weighted by molar-refractivity contribution is -0.0505. The van der Waals surface area contributed by atoms with E-state index in [1.54, 1.807) is 30.2 Å². The van der Waals surface area contributed by atoms with E-state index < -0.39 is 24.5 Å². The molecule has 7 nitrogen and oxygen atoms in total. The largest absolute Gasteiger partial charge is 0.434 e. The van der Waals surface area contributed by atoms with Crippen molar-refractivity contribution in [2.45, 2.75) is 39.0 Å². The van der Waals surface area contributed by atoms with Crippen molar-refractivity contribution in [3.63, 3.8) is 0 Å². The van der Waals surface area contributed by atoms with Crippen molar-refractivity contribution in [1.82, 2.24) is 19.7 Å². The predicted octanol–water partition coefficient (Wildman–Crippen LogP) is 4.63. The van der Waals surface area contributed by atoms with E-state index in [0.717, 1.165) is 29.0 Å². The molecular formula is C23H22ClF3N4O3. The molecule has 4 rings (SSSR count). The first-order valence-electron chi connectivity index (χ1n) is 10.4. The van der Waals surface area contributed by atoms with Crippen LogP contribution < -0.4 is 4.74 Å². The van der Waals surface area contributed by atoms with Crippen LogP contribution in [-0.4, -0.2) is 49.3 Å². The van der Waals surface area contributed by atoms with Gasteiger partial charge in [0.15, 0.2) is 0 Å². The summed E-state index contributed by atoms with van der Waals surface area (Å²) in [6.07, 6.45) is 4.03. The molecule has 0 radical (unpaired) electrons.